The van der Waals surface area contributed by atoms with Crippen LogP contribution < -0.4 is 16.2 Å². The molecule has 7 nitrogen and oxygen atoms in total. The van der Waals surface area contributed by atoms with E-state index in [4.69, 9.17) is 4.74 Å². The van der Waals surface area contributed by atoms with Crippen LogP contribution in [0.15, 0.2) is 23.0 Å². The molecule has 0 radical (unpaired) electrons. The molecule has 1 aromatic heterocycles. The highest BCUT2D eigenvalue weighted by Crippen LogP contribution is 2.22. The standard InChI is InChI=1S/C18H20N4O3/c23-17(12-3-4-14-11(8-12)2-1-6-19-14)20-9-16-21-15-5-7-25-10-13(15)18(24)22-16/h3-4,8,19H,1-2,5-7,9-10H2,(H,20,23)(H,21,22,24). The number of nitrogens with one attached hydrogen (secondary N) is 3. The predicted molar refractivity (Wildman–Crippen MR) is 92.6 cm³/mol. The first-order chi connectivity index (χ1) is 12.2. The topological polar surface area (TPSA) is 96.1 Å². The molecule has 7 heteroatoms. The second kappa shape index (κ2) is 6.68. The van der Waals surface area contributed by atoms with Crippen LogP contribution in [0.25, 0.3) is 0 Å². The van der Waals surface area contributed by atoms with E-state index < -0.39 is 0 Å². The number of aromatic amines is 1. The van der Waals surface area contributed by atoms with E-state index in [1.54, 1.807) is 0 Å². The van der Waals surface area contributed by atoms with E-state index in [-0.39, 0.29) is 18.0 Å². The van der Waals surface area contributed by atoms with Crippen molar-refractivity contribution in [2.45, 2.75) is 32.4 Å². The summed E-state index contributed by atoms with van der Waals surface area (Å²) in [6.45, 7) is 2.03. The summed E-state index contributed by atoms with van der Waals surface area (Å²) in [4.78, 5) is 31.6. The van der Waals surface area contributed by atoms with Crippen molar-refractivity contribution in [3.05, 3.63) is 56.8 Å². The number of carbonyl (C=O) groups is 1. The van der Waals surface area contributed by atoms with Gasteiger partial charge >= 0.3 is 0 Å². The summed E-state index contributed by atoms with van der Waals surface area (Å²) in [5, 5.41) is 6.16. The van der Waals surface area contributed by atoms with Crippen LogP contribution in [-0.4, -0.2) is 29.0 Å². The van der Waals surface area contributed by atoms with Crippen molar-refractivity contribution in [2.75, 3.05) is 18.5 Å². The van der Waals surface area contributed by atoms with Crippen molar-refractivity contribution >= 4 is 11.6 Å². The van der Waals surface area contributed by atoms with Crippen molar-refractivity contribution in [1.82, 2.24) is 15.3 Å². The van der Waals surface area contributed by atoms with Gasteiger partial charge in [0.2, 0.25) is 0 Å². The second-order valence-electron chi connectivity index (χ2n) is 6.33. The number of H-pyrrole nitrogens is 1. The third kappa shape index (κ3) is 3.28. The SMILES string of the molecule is O=C(NCc1nc2c(c(=O)[nH]1)COCC2)c1ccc2c(c1)CCCN2. The van der Waals surface area contributed by atoms with Crippen LogP contribution >= 0.6 is 0 Å². The van der Waals surface area contributed by atoms with Gasteiger partial charge < -0.3 is 20.4 Å². The van der Waals surface area contributed by atoms with Gasteiger partial charge in [-0.25, -0.2) is 4.98 Å². The summed E-state index contributed by atoms with van der Waals surface area (Å²) in [6, 6.07) is 5.69. The minimum absolute atomic E-state index is 0.169. The average Bonchev–Trinajstić information content (AvgIpc) is 2.66. The zero-order valence-corrected chi connectivity index (χ0v) is 13.9. The maximum absolute atomic E-state index is 12.4. The number of aromatic nitrogens is 2. The molecule has 0 spiro atoms. The molecule has 0 atom stereocenters. The molecule has 2 aliphatic rings. The minimum Gasteiger partial charge on any atom is -0.385 e. The van der Waals surface area contributed by atoms with Gasteiger partial charge in [0.15, 0.2) is 0 Å². The number of hydrogen-bond acceptors (Lipinski definition) is 5. The summed E-state index contributed by atoms with van der Waals surface area (Å²) < 4.78 is 5.28. The van der Waals surface area contributed by atoms with Crippen molar-refractivity contribution in [1.29, 1.82) is 0 Å². The lowest BCUT2D eigenvalue weighted by atomic mass is 10.0. The molecule has 0 saturated carbocycles. The lowest BCUT2D eigenvalue weighted by molar-refractivity contribution is 0.0948. The van der Waals surface area contributed by atoms with Crippen molar-refractivity contribution in [3.63, 3.8) is 0 Å². The molecule has 1 amide bonds. The highest BCUT2D eigenvalue weighted by atomic mass is 16.5. The molecular formula is C18H20N4O3. The quantitative estimate of drug-likeness (QED) is 0.778. The van der Waals surface area contributed by atoms with Gasteiger partial charge in [-0.05, 0) is 36.6 Å². The molecular weight excluding hydrogens is 320 g/mol. The fourth-order valence-electron chi connectivity index (χ4n) is 3.26. The lowest BCUT2D eigenvalue weighted by Crippen LogP contribution is -2.29. The first kappa shape index (κ1) is 15.8. The number of fused-ring (bicyclic) bond motifs is 2. The molecule has 3 N–H and O–H groups in total. The number of hydrogen-bond donors (Lipinski definition) is 3. The van der Waals surface area contributed by atoms with Crippen LogP contribution in [0, 0.1) is 0 Å². The van der Waals surface area contributed by atoms with Crippen molar-refractivity contribution in [2.24, 2.45) is 0 Å². The molecule has 2 aromatic rings. The third-order valence-electron chi connectivity index (χ3n) is 4.60. The number of benzene rings is 1. The van der Waals surface area contributed by atoms with Crippen LogP contribution in [-0.2, 0) is 30.7 Å². The molecule has 1 aromatic carbocycles. The molecule has 0 bridgehead atoms. The van der Waals surface area contributed by atoms with E-state index in [2.05, 4.69) is 20.6 Å². The number of carbonyl (C=O) groups excluding carboxylic acids is 1. The Kier molecular flexibility index (Phi) is 4.23. The Morgan fingerprint density at radius 1 is 1.32 bits per heavy atom. The molecule has 25 heavy (non-hydrogen) atoms. The maximum Gasteiger partial charge on any atom is 0.256 e. The van der Waals surface area contributed by atoms with Crippen LogP contribution in [0.5, 0.6) is 0 Å². The van der Waals surface area contributed by atoms with E-state index in [9.17, 15) is 9.59 Å². The summed E-state index contributed by atoms with van der Waals surface area (Å²) in [7, 11) is 0. The Balaban J connectivity index is 1.47. The Hall–Kier alpha value is -2.67. The zero-order chi connectivity index (χ0) is 17.2. The van der Waals surface area contributed by atoms with Gasteiger partial charge in [0.1, 0.15) is 5.82 Å². The molecule has 2 aliphatic heterocycles. The fourth-order valence-corrected chi connectivity index (χ4v) is 3.26. The highest BCUT2D eigenvalue weighted by Gasteiger charge is 2.17. The monoisotopic (exact) mass is 340 g/mol. The molecule has 130 valence electrons. The summed E-state index contributed by atoms with van der Waals surface area (Å²) in [6.07, 6.45) is 2.67. The average molecular weight is 340 g/mol. The van der Waals surface area contributed by atoms with Gasteiger partial charge in [-0.2, -0.15) is 0 Å². The molecule has 0 fully saturated rings. The van der Waals surface area contributed by atoms with Gasteiger partial charge in [-0.15, -0.1) is 0 Å². The van der Waals surface area contributed by atoms with E-state index in [1.165, 1.54) is 5.56 Å². The van der Waals surface area contributed by atoms with Gasteiger partial charge in [0, 0.05) is 24.2 Å². The normalized spacial score (nSPS) is 15.7. The smallest absolute Gasteiger partial charge is 0.256 e. The molecule has 0 unspecified atom stereocenters. The van der Waals surface area contributed by atoms with Crippen molar-refractivity contribution < 1.29 is 9.53 Å². The van der Waals surface area contributed by atoms with E-state index in [1.807, 2.05) is 18.2 Å². The number of aryl methyl sites for hydroxylation is 1. The first-order valence-corrected chi connectivity index (χ1v) is 8.54. The number of ether oxygens (including phenoxy) is 1. The van der Waals surface area contributed by atoms with Crippen molar-refractivity contribution in [3.8, 4) is 0 Å². The molecule has 0 aliphatic carbocycles. The third-order valence-corrected chi connectivity index (χ3v) is 4.60. The Labute approximate surface area is 144 Å². The lowest BCUT2D eigenvalue weighted by Gasteiger charge is -2.18. The number of rotatable bonds is 3. The number of amides is 1. The van der Waals surface area contributed by atoms with Gasteiger partial charge in [0.25, 0.3) is 11.5 Å². The van der Waals surface area contributed by atoms with Gasteiger partial charge in [-0.3, -0.25) is 9.59 Å². The second-order valence-corrected chi connectivity index (χ2v) is 6.33. The number of nitrogens with zero attached hydrogens (tertiary/aromatic N) is 1. The molecule has 4 rings (SSSR count). The fraction of sp³-hybridized carbons (Fsp3) is 0.389. The van der Waals surface area contributed by atoms with E-state index in [0.717, 1.165) is 30.8 Å². The maximum atomic E-state index is 12.4. The van der Waals surface area contributed by atoms with Gasteiger partial charge in [-0.1, -0.05) is 0 Å². The van der Waals surface area contributed by atoms with E-state index in [0.29, 0.717) is 36.6 Å². The van der Waals surface area contributed by atoms with Gasteiger partial charge in [0.05, 0.1) is 31.0 Å². The highest BCUT2D eigenvalue weighted by molar-refractivity contribution is 5.94. The number of anilines is 1. The van der Waals surface area contributed by atoms with E-state index >= 15 is 0 Å². The molecule has 3 heterocycles. The van der Waals surface area contributed by atoms with Crippen LogP contribution in [0.1, 0.15) is 39.4 Å². The van der Waals surface area contributed by atoms with Crippen LogP contribution in [0.2, 0.25) is 0 Å². The first-order valence-electron chi connectivity index (χ1n) is 8.54. The minimum atomic E-state index is -0.186. The van der Waals surface area contributed by atoms with Crippen LogP contribution in [0.3, 0.4) is 0 Å². The Morgan fingerprint density at radius 2 is 2.24 bits per heavy atom. The Morgan fingerprint density at radius 3 is 3.16 bits per heavy atom. The summed E-state index contributed by atoms with van der Waals surface area (Å²) >= 11 is 0. The molecule has 0 saturated heterocycles. The predicted octanol–water partition coefficient (Wildman–Crippen LogP) is 1.13. The largest absolute Gasteiger partial charge is 0.385 e. The summed E-state index contributed by atoms with van der Waals surface area (Å²) in [5.74, 6) is 0.302. The van der Waals surface area contributed by atoms with Crippen LogP contribution in [0.4, 0.5) is 5.69 Å². The zero-order valence-electron chi connectivity index (χ0n) is 13.9. The summed E-state index contributed by atoms with van der Waals surface area (Å²) in [5.41, 5.74) is 4.05. The Bertz CT molecular complexity index is 875.